The van der Waals surface area contributed by atoms with E-state index in [0.717, 1.165) is 0 Å². The van der Waals surface area contributed by atoms with Crippen molar-refractivity contribution in [3.63, 3.8) is 0 Å². The second-order valence-electron chi connectivity index (χ2n) is 6.28. The molecule has 0 aromatic heterocycles. The largest absolute Gasteiger partial charge is 0.497 e. The Morgan fingerprint density at radius 3 is 2.88 bits per heavy atom. The van der Waals surface area contributed by atoms with E-state index in [1.807, 2.05) is 0 Å². The average Bonchev–Trinajstić information content (AvgIpc) is 2.54. The van der Waals surface area contributed by atoms with Gasteiger partial charge in [0.25, 0.3) is 5.91 Å². The summed E-state index contributed by atoms with van der Waals surface area (Å²) in [5, 5.41) is 19.7. The molecule has 1 heterocycles. The number of methoxy groups -OCH3 is 1. The molecule has 24 heavy (non-hydrogen) atoms. The molecule has 0 bridgehead atoms. The Kier molecular flexibility index (Phi) is 6.15. The Hall–Kier alpha value is -1.70. The lowest BCUT2D eigenvalue weighted by molar-refractivity contribution is -0.160. The monoisotopic (exact) mass is 340 g/mol. The molecule has 7 heteroatoms. The van der Waals surface area contributed by atoms with Crippen LogP contribution < -0.4 is 4.74 Å². The van der Waals surface area contributed by atoms with Crippen LogP contribution in [-0.2, 0) is 11.3 Å². The van der Waals surface area contributed by atoms with Crippen LogP contribution >= 0.6 is 0 Å². The van der Waals surface area contributed by atoms with Gasteiger partial charge in [-0.15, -0.1) is 0 Å². The lowest BCUT2D eigenvalue weighted by Crippen LogP contribution is -2.58. The van der Waals surface area contributed by atoms with Crippen molar-refractivity contribution in [3.8, 4) is 5.75 Å². The number of hydrogen-bond acceptors (Lipinski definition) is 5. The smallest absolute Gasteiger partial charge is 0.256 e. The SMILES string of the molecule is COc1ccc(F)c(CN2CCCC(O)(CN(C)CCO)C2=O)c1. The molecule has 134 valence electrons. The van der Waals surface area contributed by atoms with Crippen LogP contribution in [0.4, 0.5) is 4.39 Å². The first kappa shape index (κ1) is 18.6. The van der Waals surface area contributed by atoms with Crippen LogP contribution in [0.3, 0.4) is 0 Å². The van der Waals surface area contributed by atoms with Crippen molar-refractivity contribution < 1.29 is 24.1 Å². The highest BCUT2D eigenvalue weighted by molar-refractivity contribution is 5.86. The summed E-state index contributed by atoms with van der Waals surface area (Å²) in [5.41, 5.74) is -1.15. The number of benzene rings is 1. The summed E-state index contributed by atoms with van der Waals surface area (Å²) in [7, 11) is 3.24. The van der Waals surface area contributed by atoms with Crippen molar-refractivity contribution in [3.05, 3.63) is 29.6 Å². The number of rotatable bonds is 7. The average molecular weight is 340 g/mol. The molecule has 1 unspecified atom stereocenters. The Morgan fingerprint density at radius 1 is 1.46 bits per heavy atom. The third kappa shape index (κ3) is 4.23. The molecular weight excluding hydrogens is 315 g/mol. The molecule has 1 saturated heterocycles. The number of ether oxygens (including phenoxy) is 1. The minimum absolute atomic E-state index is 0.0422. The summed E-state index contributed by atoms with van der Waals surface area (Å²) >= 11 is 0. The zero-order chi connectivity index (χ0) is 17.7. The number of piperidine rings is 1. The second-order valence-corrected chi connectivity index (χ2v) is 6.28. The summed E-state index contributed by atoms with van der Waals surface area (Å²) < 4.78 is 19.1. The summed E-state index contributed by atoms with van der Waals surface area (Å²) in [6, 6.07) is 4.40. The first-order chi connectivity index (χ1) is 11.4. The van der Waals surface area contributed by atoms with E-state index >= 15 is 0 Å². The van der Waals surface area contributed by atoms with Gasteiger partial charge in [-0.3, -0.25) is 4.79 Å². The number of carbonyl (C=O) groups is 1. The number of nitrogens with zero attached hydrogens (tertiary/aromatic N) is 2. The van der Waals surface area contributed by atoms with Gasteiger partial charge in [-0.2, -0.15) is 0 Å². The molecule has 0 radical (unpaired) electrons. The number of aliphatic hydroxyl groups excluding tert-OH is 1. The molecule has 0 aliphatic carbocycles. The van der Waals surface area contributed by atoms with Crippen molar-refractivity contribution >= 4 is 5.91 Å². The van der Waals surface area contributed by atoms with Gasteiger partial charge in [0.15, 0.2) is 5.60 Å². The maximum atomic E-state index is 14.0. The Balaban J connectivity index is 2.12. The molecule has 1 aromatic rings. The van der Waals surface area contributed by atoms with Gasteiger partial charge in [-0.05, 0) is 38.1 Å². The van der Waals surface area contributed by atoms with Crippen LogP contribution in [0.15, 0.2) is 18.2 Å². The quantitative estimate of drug-likeness (QED) is 0.761. The summed E-state index contributed by atoms with van der Waals surface area (Å²) in [6.45, 7) is 1.04. The highest BCUT2D eigenvalue weighted by Gasteiger charge is 2.42. The number of aliphatic hydroxyl groups is 2. The molecule has 1 aromatic carbocycles. The van der Waals surface area contributed by atoms with Gasteiger partial charge in [0, 0.05) is 31.7 Å². The van der Waals surface area contributed by atoms with Crippen LogP contribution in [-0.4, -0.2) is 71.9 Å². The van der Waals surface area contributed by atoms with Gasteiger partial charge in [0.1, 0.15) is 11.6 Å². The molecule has 1 fully saturated rings. The maximum Gasteiger partial charge on any atom is 0.256 e. The Labute approximate surface area is 141 Å². The van der Waals surface area contributed by atoms with Crippen LogP contribution in [0.5, 0.6) is 5.75 Å². The summed E-state index contributed by atoms with van der Waals surface area (Å²) in [5.74, 6) is -0.287. The molecule has 1 aliphatic rings. The van der Waals surface area contributed by atoms with E-state index in [0.29, 0.717) is 37.2 Å². The molecule has 2 N–H and O–H groups in total. The van der Waals surface area contributed by atoms with E-state index < -0.39 is 17.3 Å². The molecule has 6 nitrogen and oxygen atoms in total. The molecule has 1 atom stereocenters. The maximum absolute atomic E-state index is 14.0. The van der Waals surface area contributed by atoms with Crippen molar-refractivity contribution in [1.29, 1.82) is 0 Å². The standard InChI is InChI=1S/C17H25FN2O4/c1-19(8-9-21)12-17(23)6-3-7-20(16(17)22)11-13-10-14(24-2)4-5-15(13)18/h4-5,10,21,23H,3,6-9,11-12H2,1-2H3. The molecule has 0 saturated carbocycles. The van der Waals surface area contributed by atoms with Crippen molar-refractivity contribution in [2.45, 2.75) is 25.0 Å². The van der Waals surface area contributed by atoms with Crippen molar-refractivity contribution in [1.82, 2.24) is 9.80 Å². The number of likely N-dealkylation sites (tertiary alicyclic amines) is 1. The third-order valence-corrected chi connectivity index (χ3v) is 4.33. The molecule has 2 rings (SSSR count). The summed E-state index contributed by atoms with van der Waals surface area (Å²) in [6.07, 6.45) is 0.999. The zero-order valence-corrected chi connectivity index (χ0v) is 14.2. The zero-order valence-electron chi connectivity index (χ0n) is 14.2. The minimum atomic E-state index is -1.50. The third-order valence-electron chi connectivity index (χ3n) is 4.33. The van der Waals surface area contributed by atoms with E-state index in [4.69, 9.17) is 9.84 Å². The number of hydrogen-bond donors (Lipinski definition) is 2. The fourth-order valence-electron chi connectivity index (χ4n) is 3.06. The lowest BCUT2D eigenvalue weighted by atomic mass is 9.90. The number of carbonyl (C=O) groups excluding carboxylic acids is 1. The van der Waals surface area contributed by atoms with Gasteiger partial charge in [-0.25, -0.2) is 4.39 Å². The second kappa shape index (κ2) is 7.92. The Morgan fingerprint density at radius 2 is 2.21 bits per heavy atom. The number of likely N-dealkylation sites (N-methyl/N-ethyl adjacent to an activating group) is 1. The van der Waals surface area contributed by atoms with Gasteiger partial charge in [-0.1, -0.05) is 0 Å². The normalized spacial score (nSPS) is 21.4. The van der Waals surface area contributed by atoms with E-state index in [1.165, 1.54) is 24.1 Å². The van der Waals surface area contributed by atoms with Gasteiger partial charge >= 0.3 is 0 Å². The minimum Gasteiger partial charge on any atom is -0.497 e. The van der Waals surface area contributed by atoms with Crippen LogP contribution in [0.2, 0.25) is 0 Å². The Bertz CT molecular complexity index is 584. The van der Waals surface area contributed by atoms with Crippen LogP contribution in [0, 0.1) is 5.82 Å². The predicted molar refractivity (Wildman–Crippen MR) is 87.1 cm³/mol. The van der Waals surface area contributed by atoms with E-state index in [-0.39, 0.29) is 19.7 Å². The van der Waals surface area contributed by atoms with Gasteiger partial charge < -0.3 is 24.7 Å². The van der Waals surface area contributed by atoms with Gasteiger partial charge in [0.2, 0.25) is 0 Å². The lowest BCUT2D eigenvalue weighted by Gasteiger charge is -2.40. The van der Waals surface area contributed by atoms with E-state index in [1.54, 1.807) is 18.0 Å². The topological polar surface area (TPSA) is 73.2 Å². The first-order valence-electron chi connectivity index (χ1n) is 8.03. The number of amides is 1. The van der Waals surface area contributed by atoms with Crippen molar-refractivity contribution in [2.24, 2.45) is 0 Å². The van der Waals surface area contributed by atoms with Crippen LogP contribution in [0.1, 0.15) is 18.4 Å². The molecular formula is C17H25FN2O4. The predicted octanol–water partition coefficient (Wildman–Crippen LogP) is 0.612. The van der Waals surface area contributed by atoms with Crippen LogP contribution in [0.25, 0.3) is 0 Å². The highest BCUT2D eigenvalue weighted by Crippen LogP contribution is 2.26. The molecule has 1 aliphatic heterocycles. The van der Waals surface area contributed by atoms with Gasteiger partial charge in [0.05, 0.1) is 13.7 Å². The fraction of sp³-hybridized carbons (Fsp3) is 0.588. The fourth-order valence-corrected chi connectivity index (χ4v) is 3.06. The van der Waals surface area contributed by atoms with E-state index in [2.05, 4.69) is 0 Å². The van der Waals surface area contributed by atoms with Crippen molar-refractivity contribution in [2.75, 3.05) is 40.4 Å². The summed E-state index contributed by atoms with van der Waals surface area (Å²) in [4.78, 5) is 15.9. The first-order valence-corrected chi connectivity index (χ1v) is 8.03. The molecule has 1 amide bonds. The van der Waals surface area contributed by atoms with E-state index in [9.17, 15) is 14.3 Å². The highest BCUT2D eigenvalue weighted by atomic mass is 19.1. The molecule has 0 spiro atoms. The number of halogens is 1.